The van der Waals surface area contributed by atoms with Gasteiger partial charge < -0.3 is 19.6 Å². The second-order valence-corrected chi connectivity index (χ2v) is 9.68. The van der Waals surface area contributed by atoms with Crippen molar-refractivity contribution >= 4 is 23.4 Å². The zero-order valence-corrected chi connectivity index (χ0v) is 21.1. The third kappa shape index (κ3) is 5.12. The van der Waals surface area contributed by atoms with Crippen molar-refractivity contribution in [2.24, 2.45) is 0 Å². The number of carbonyl (C=O) groups excluding carboxylic acids is 3. The van der Waals surface area contributed by atoms with Crippen LogP contribution in [0.15, 0.2) is 53.1 Å². The number of piperidine rings is 1. The van der Waals surface area contributed by atoms with Crippen molar-refractivity contribution in [2.75, 3.05) is 31.1 Å². The predicted octanol–water partition coefficient (Wildman–Crippen LogP) is 3.73. The van der Waals surface area contributed by atoms with Crippen LogP contribution in [0.3, 0.4) is 0 Å². The van der Waals surface area contributed by atoms with E-state index in [1.54, 1.807) is 29.2 Å². The molecule has 3 heterocycles. The van der Waals surface area contributed by atoms with Crippen LogP contribution in [0.2, 0.25) is 0 Å². The first-order valence-electron chi connectivity index (χ1n) is 12.8. The van der Waals surface area contributed by atoms with Gasteiger partial charge in [-0.3, -0.25) is 14.4 Å². The van der Waals surface area contributed by atoms with Crippen LogP contribution >= 0.6 is 0 Å². The number of nitrogens with zero attached hydrogens (tertiary/aromatic N) is 4. The van der Waals surface area contributed by atoms with Gasteiger partial charge in [0.15, 0.2) is 0 Å². The largest absolute Gasteiger partial charge is 0.343 e. The second-order valence-electron chi connectivity index (χ2n) is 9.68. The van der Waals surface area contributed by atoms with Crippen molar-refractivity contribution in [3.05, 3.63) is 65.5 Å². The highest BCUT2D eigenvalue weighted by atomic mass is 16.5. The Kier molecular flexibility index (Phi) is 7.03. The molecule has 0 radical (unpaired) electrons. The summed E-state index contributed by atoms with van der Waals surface area (Å²) >= 11 is 0. The summed E-state index contributed by atoms with van der Waals surface area (Å²) in [5.41, 5.74) is 3.42. The molecule has 9 heteroatoms. The molecule has 192 valence electrons. The lowest BCUT2D eigenvalue weighted by molar-refractivity contribution is -0.131. The number of aromatic nitrogens is 2. The van der Waals surface area contributed by atoms with E-state index in [0.29, 0.717) is 56.2 Å². The minimum absolute atomic E-state index is 0.0304. The maximum Gasteiger partial charge on any atom is 0.251 e. The molecule has 1 aromatic heterocycles. The lowest BCUT2D eigenvalue weighted by atomic mass is 9.90. The fourth-order valence-corrected chi connectivity index (χ4v) is 5.15. The molecule has 5 rings (SSSR count). The first-order valence-corrected chi connectivity index (χ1v) is 12.8. The number of fused-ring (bicyclic) bond motifs is 1. The first kappa shape index (κ1) is 24.7. The maximum absolute atomic E-state index is 12.6. The molecule has 3 aromatic rings. The van der Waals surface area contributed by atoms with E-state index in [1.165, 1.54) is 0 Å². The van der Waals surface area contributed by atoms with Gasteiger partial charge in [-0.1, -0.05) is 42.4 Å². The van der Waals surface area contributed by atoms with Crippen LogP contribution in [0.5, 0.6) is 0 Å². The Morgan fingerprint density at radius 1 is 1.11 bits per heavy atom. The molecule has 0 aliphatic carbocycles. The number of hydrogen-bond acceptors (Lipinski definition) is 6. The van der Waals surface area contributed by atoms with Gasteiger partial charge in [-0.2, -0.15) is 4.98 Å². The Hall–Kier alpha value is -4.01. The van der Waals surface area contributed by atoms with Crippen LogP contribution in [0.4, 0.5) is 5.69 Å². The molecule has 9 nitrogen and oxygen atoms in total. The number of benzene rings is 2. The molecule has 37 heavy (non-hydrogen) atoms. The number of rotatable bonds is 6. The molecule has 1 N–H and O–H groups in total. The average molecular weight is 502 g/mol. The Balaban J connectivity index is 1.19. The molecule has 1 fully saturated rings. The van der Waals surface area contributed by atoms with Gasteiger partial charge in [-0.25, -0.2) is 0 Å². The lowest BCUT2D eigenvalue weighted by Crippen LogP contribution is -2.43. The quantitative estimate of drug-likeness (QED) is 0.551. The van der Waals surface area contributed by atoms with E-state index in [1.807, 2.05) is 30.0 Å². The molecular formula is C28H31N5O4. The van der Waals surface area contributed by atoms with Crippen molar-refractivity contribution in [3.8, 4) is 11.4 Å². The van der Waals surface area contributed by atoms with Crippen molar-refractivity contribution in [2.45, 2.75) is 44.9 Å². The summed E-state index contributed by atoms with van der Waals surface area (Å²) < 4.78 is 5.62. The highest BCUT2D eigenvalue weighted by Crippen LogP contribution is 2.38. The number of likely N-dealkylation sites (tertiary alicyclic amines) is 1. The van der Waals surface area contributed by atoms with Crippen LogP contribution in [0.1, 0.15) is 66.8 Å². The molecule has 2 aliphatic heterocycles. The highest BCUT2D eigenvalue weighted by molar-refractivity contribution is 5.98. The van der Waals surface area contributed by atoms with Gasteiger partial charge in [-0.05, 0) is 49.4 Å². The zero-order valence-electron chi connectivity index (χ0n) is 21.1. The number of amides is 3. The molecule has 3 amide bonds. The number of nitrogens with one attached hydrogen (secondary N) is 1. The van der Waals surface area contributed by atoms with E-state index < -0.39 is 0 Å². The average Bonchev–Trinajstić information content (AvgIpc) is 3.42. The standard InChI is InChI=1S/C28H31N5O4/c1-3-33-23-16-21(9-10-22(23)18(2)15-24(33)34)26-30-28(37-31-26)20-11-13-32(14-12-20)25(35)17-29-27(36)19-7-5-4-6-8-19/h4-10,16,18,20H,3,11-15,17H2,1-2H3,(H,29,36). The number of carbonyl (C=O) groups is 3. The summed E-state index contributed by atoms with van der Waals surface area (Å²) in [6.45, 7) is 5.76. The molecule has 0 bridgehead atoms. The molecular weight excluding hydrogens is 470 g/mol. The monoisotopic (exact) mass is 501 g/mol. The van der Waals surface area contributed by atoms with E-state index >= 15 is 0 Å². The second kappa shape index (κ2) is 10.5. The van der Waals surface area contributed by atoms with Gasteiger partial charge in [0.05, 0.1) is 6.54 Å². The van der Waals surface area contributed by atoms with Crippen LogP contribution in [0, 0.1) is 0 Å². The van der Waals surface area contributed by atoms with Crippen molar-refractivity contribution in [3.63, 3.8) is 0 Å². The summed E-state index contributed by atoms with van der Waals surface area (Å²) in [6, 6.07) is 14.9. The smallest absolute Gasteiger partial charge is 0.251 e. The van der Waals surface area contributed by atoms with Crippen LogP contribution in [0.25, 0.3) is 11.4 Å². The fraction of sp³-hybridized carbons (Fsp3) is 0.393. The summed E-state index contributed by atoms with van der Waals surface area (Å²) in [7, 11) is 0. The minimum Gasteiger partial charge on any atom is -0.343 e. The molecule has 1 unspecified atom stereocenters. The van der Waals surface area contributed by atoms with E-state index in [4.69, 9.17) is 4.52 Å². The number of anilines is 1. The van der Waals surface area contributed by atoms with Gasteiger partial charge in [0, 0.05) is 48.8 Å². The van der Waals surface area contributed by atoms with Gasteiger partial charge >= 0.3 is 0 Å². The van der Waals surface area contributed by atoms with E-state index in [-0.39, 0.29) is 36.1 Å². The van der Waals surface area contributed by atoms with E-state index in [0.717, 1.165) is 16.8 Å². The predicted molar refractivity (Wildman–Crippen MR) is 138 cm³/mol. The normalized spacial score (nSPS) is 18.0. The molecule has 2 aliphatic rings. The maximum atomic E-state index is 12.6. The SMILES string of the molecule is CCN1C(=O)CC(C)c2ccc(-c3noc(C4CCN(C(=O)CNC(=O)c5ccccc5)CC4)n3)cc21. The number of hydrogen-bond donors (Lipinski definition) is 1. The molecule has 0 saturated carbocycles. The summed E-state index contributed by atoms with van der Waals surface area (Å²) in [4.78, 5) is 45.6. The van der Waals surface area contributed by atoms with Gasteiger partial charge in [0.1, 0.15) is 0 Å². The molecule has 2 aromatic carbocycles. The van der Waals surface area contributed by atoms with Crippen molar-refractivity contribution in [1.82, 2.24) is 20.4 Å². The summed E-state index contributed by atoms with van der Waals surface area (Å²) in [5.74, 6) is 1.08. The topological polar surface area (TPSA) is 109 Å². The van der Waals surface area contributed by atoms with Crippen LogP contribution in [-0.4, -0.2) is 58.9 Å². The van der Waals surface area contributed by atoms with Gasteiger partial charge in [0.25, 0.3) is 5.91 Å². The summed E-state index contributed by atoms with van der Waals surface area (Å²) in [6.07, 6.45) is 1.94. The van der Waals surface area contributed by atoms with Crippen molar-refractivity contribution < 1.29 is 18.9 Å². The van der Waals surface area contributed by atoms with Gasteiger partial charge in [0.2, 0.25) is 23.5 Å². The Labute approximate surface area is 215 Å². The molecule has 1 saturated heterocycles. The minimum atomic E-state index is -0.259. The third-order valence-corrected chi connectivity index (χ3v) is 7.28. The van der Waals surface area contributed by atoms with Crippen LogP contribution < -0.4 is 10.2 Å². The molecule has 1 atom stereocenters. The Morgan fingerprint density at radius 2 is 1.86 bits per heavy atom. The van der Waals surface area contributed by atoms with Crippen LogP contribution in [-0.2, 0) is 9.59 Å². The zero-order chi connectivity index (χ0) is 25.9. The fourth-order valence-electron chi connectivity index (χ4n) is 5.15. The third-order valence-electron chi connectivity index (χ3n) is 7.28. The Bertz CT molecular complexity index is 1300. The lowest BCUT2D eigenvalue weighted by Gasteiger charge is -2.32. The van der Waals surface area contributed by atoms with E-state index in [2.05, 4.69) is 28.4 Å². The summed E-state index contributed by atoms with van der Waals surface area (Å²) in [5, 5.41) is 6.91. The van der Waals surface area contributed by atoms with E-state index in [9.17, 15) is 14.4 Å². The Morgan fingerprint density at radius 3 is 2.59 bits per heavy atom. The van der Waals surface area contributed by atoms with Crippen molar-refractivity contribution in [1.29, 1.82) is 0 Å². The molecule has 0 spiro atoms. The highest BCUT2D eigenvalue weighted by Gasteiger charge is 2.30. The van der Waals surface area contributed by atoms with Gasteiger partial charge in [-0.15, -0.1) is 0 Å². The first-order chi connectivity index (χ1) is 17.9.